The summed E-state index contributed by atoms with van der Waals surface area (Å²) in [5.74, 6) is -0.442. The van der Waals surface area contributed by atoms with E-state index in [2.05, 4.69) is 27.7 Å². The molecule has 4 aliphatic carbocycles. The summed E-state index contributed by atoms with van der Waals surface area (Å²) in [6, 6.07) is 0. The minimum Gasteiger partial charge on any atom is -0.481 e. The van der Waals surface area contributed by atoms with Gasteiger partial charge in [0.05, 0.1) is 69.8 Å². The average Bonchev–Trinajstić information content (AvgIpc) is 1.70. The number of hydrogen-bond acceptors (Lipinski definition) is 26. The van der Waals surface area contributed by atoms with Crippen LogP contribution in [0.15, 0.2) is 0 Å². The number of carbonyl (C=O) groups is 2. The molecule has 27 nitrogen and oxygen atoms in total. The summed E-state index contributed by atoms with van der Waals surface area (Å²) in [5.41, 5.74) is -2.17. The highest BCUT2D eigenvalue weighted by Crippen LogP contribution is 2.71. The second-order valence-electron chi connectivity index (χ2n) is 26.7. The average molecular weight is 1200 g/mol. The Kier molecular flexibility index (Phi) is 19.1. The van der Waals surface area contributed by atoms with E-state index in [0.717, 1.165) is 58.5 Å². The minimum atomic E-state index is -2.12. The van der Waals surface area contributed by atoms with Crippen LogP contribution in [0.5, 0.6) is 0 Å². The topological polar surface area (TPSA) is 419 Å². The van der Waals surface area contributed by atoms with E-state index in [1.165, 1.54) is 0 Å². The van der Waals surface area contributed by atoms with Crippen molar-refractivity contribution in [2.75, 3.05) is 33.0 Å². The van der Waals surface area contributed by atoms with Crippen molar-refractivity contribution < 1.29 is 133 Å². The maximum atomic E-state index is 12.7. The Balaban J connectivity index is 0.819. The molecule has 0 aromatic rings. The maximum Gasteiger partial charge on any atom is 0.309 e. The lowest BCUT2D eigenvalue weighted by molar-refractivity contribution is -0.404. The first-order valence-electron chi connectivity index (χ1n) is 29.8. The molecule has 10 rings (SSSR count). The van der Waals surface area contributed by atoms with Gasteiger partial charge in [-0.1, -0.05) is 27.7 Å². The van der Waals surface area contributed by atoms with Crippen LogP contribution in [-0.4, -0.2) is 263 Å². The van der Waals surface area contributed by atoms with Gasteiger partial charge in [0, 0.05) is 12.3 Å². The molecule has 10 aliphatic rings. The number of aliphatic carboxylic acids is 1. The number of carbonyl (C=O) groups excluding carboxylic acids is 1. The number of ether oxygens (including phenoxy) is 11. The van der Waals surface area contributed by atoms with Crippen molar-refractivity contribution in [1.29, 1.82) is 0 Å². The molecule has 6 aliphatic heterocycles. The van der Waals surface area contributed by atoms with Crippen molar-refractivity contribution in [2.45, 2.75) is 252 Å². The number of hydrogen-bond donors (Lipinski definition) is 14. The van der Waals surface area contributed by atoms with E-state index in [4.69, 9.17) is 57.2 Å². The van der Waals surface area contributed by atoms with Gasteiger partial charge in [-0.3, -0.25) is 9.59 Å². The zero-order valence-corrected chi connectivity index (χ0v) is 47.6. The van der Waals surface area contributed by atoms with E-state index < -0.39 is 192 Å². The van der Waals surface area contributed by atoms with E-state index >= 15 is 0 Å². The highest BCUT2D eigenvalue weighted by Gasteiger charge is 2.70. The van der Waals surface area contributed by atoms with Crippen molar-refractivity contribution in [3.8, 4) is 0 Å². The number of fused-ring (bicyclic) bond motifs is 7. The van der Waals surface area contributed by atoms with Gasteiger partial charge in [-0.2, -0.15) is 0 Å². The molecule has 10 fully saturated rings. The summed E-state index contributed by atoms with van der Waals surface area (Å²) in [5, 5.41) is 153. The quantitative estimate of drug-likeness (QED) is 0.0537. The first-order chi connectivity index (χ1) is 39.2. The number of aliphatic hydroxyl groups excluding tert-OH is 12. The second-order valence-corrected chi connectivity index (χ2v) is 26.7. The molecule has 0 amide bonds. The molecular weight excluding hydrogens is 1100 g/mol. The fourth-order valence-electron chi connectivity index (χ4n) is 16.9. The molecule has 0 aromatic carbocycles. The maximum absolute atomic E-state index is 12.7. The van der Waals surface area contributed by atoms with Gasteiger partial charge in [0.2, 0.25) is 0 Å². The number of aliphatic hydroxyl groups is 13. The number of carboxylic acids is 1. The monoisotopic (exact) mass is 1190 g/mol. The van der Waals surface area contributed by atoms with Crippen molar-refractivity contribution in [2.24, 2.45) is 52.3 Å². The van der Waals surface area contributed by atoms with Gasteiger partial charge in [0.1, 0.15) is 85.5 Å². The SMILES string of the molecule is C[C@@H]1CC[C@@]2(OC1)O[C@H]1C[C@H]3[C@@H]4CC[C@H]5C[C@@H](O[C@@H]6O[C@H](CO)[C@H](O[C@@H]7O[C@H](CO)[C@@H](O)[C@H](O[C@@H]8OC[C@@H](OC(=O)C[C@@](C)(O)CC(=O)O)[C@H](O)[C@H]8O)[C@H]7O[C@@H]7O[C@H](CO)[C@@H](O)[C@H](O)[C@H]7O)[C@H](O)[C@H]6O)[C@H](O)C[C@]5(C)[C@H]4CC[C@]3(C)[C@H]1[C@@H]2C. The molecule has 0 bridgehead atoms. The molecule has 0 aromatic heterocycles. The number of carboxylic acid groups (broad SMARTS) is 1. The van der Waals surface area contributed by atoms with Gasteiger partial charge in [-0.15, -0.1) is 0 Å². The van der Waals surface area contributed by atoms with Crippen LogP contribution in [0.2, 0.25) is 0 Å². The Hall–Kier alpha value is -1.98. The summed E-state index contributed by atoms with van der Waals surface area (Å²) in [4.78, 5) is 23.9. The summed E-state index contributed by atoms with van der Waals surface area (Å²) >= 11 is 0. The van der Waals surface area contributed by atoms with Crippen LogP contribution in [0.4, 0.5) is 0 Å². The molecule has 476 valence electrons. The van der Waals surface area contributed by atoms with Gasteiger partial charge < -0.3 is 124 Å². The lowest BCUT2D eigenvalue weighted by Gasteiger charge is -2.62. The van der Waals surface area contributed by atoms with Crippen LogP contribution in [0.25, 0.3) is 0 Å². The van der Waals surface area contributed by atoms with Gasteiger partial charge in [0.25, 0.3) is 0 Å². The first-order valence-corrected chi connectivity index (χ1v) is 29.8. The largest absolute Gasteiger partial charge is 0.481 e. The van der Waals surface area contributed by atoms with E-state index in [1.54, 1.807) is 0 Å². The van der Waals surface area contributed by atoms with Crippen LogP contribution in [0, 0.1) is 52.3 Å². The molecule has 0 unspecified atom stereocenters. The highest BCUT2D eigenvalue weighted by atomic mass is 16.8. The highest BCUT2D eigenvalue weighted by molar-refractivity contribution is 5.74. The molecule has 0 radical (unpaired) electrons. The normalized spacial score (nSPS) is 53.3. The zero-order valence-electron chi connectivity index (χ0n) is 47.6. The molecular formula is C56H90O27. The van der Waals surface area contributed by atoms with Gasteiger partial charge >= 0.3 is 11.9 Å². The van der Waals surface area contributed by atoms with E-state index in [0.29, 0.717) is 42.4 Å². The minimum absolute atomic E-state index is 0.104. The van der Waals surface area contributed by atoms with Crippen LogP contribution < -0.4 is 0 Å². The Morgan fingerprint density at radius 1 is 0.602 bits per heavy atom. The standard InChI is InChI=1S/C56H90O27/c1-22-8-11-56(74-20-22)23(2)37-30(83-56)13-27-25-7-6-24-12-29(28(60)14-55(24,5)26(25)9-10-54(27,37)4)76-50-45(71)42(68)46(33(19-59)79-50)80-52-48(82-51-44(70)41(67)38(64)31(17-57)77-51)47(40(66)32(18-58)78-52)81-49-43(69)39(65)34(21-73-49)75-36(63)16-53(3,72)15-35(61)62/h22-34,37-52,57-60,64-72H,6-21H2,1-5H3,(H,61,62)/t22-,23+,24+,25-,26+,27+,28-,29-,30+,31-,32-,33-,34-,37+,38-,39+,40-,41+,42-,43-,44-,45-,46+,47+,48-,49+,50-,51+,52+,53+,54+,55+,56-/m1/s1. The van der Waals surface area contributed by atoms with Gasteiger partial charge in [0.15, 0.2) is 37.1 Å². The van der Waals surface area contributed by atoms with Crippen LogP contribution in [0.3, 0.4) is 0 Å². The zero-order chi connectivity index (χ0) is 60.0. The van der Waals surface area contributed by atoms with Crippen molar-refractivity contribution in [1.82, 2.24) is 0 Å². The third-order valence-corrected chi connectivity index (χ3v) is 21.4. The third kappa shape index (κ3) is 11.9. The van der Waals surface area contributed by atoms with Crippen LogP contribution >= 0.6 is 0 Å². The Labute approximate surface area is 480 Å². The van der Waals surface area contributed by atoms with E-state index in [9.17, 15) is 76.0 Å². The van der Waals surface area contributed by atoms with Gasteiger partial charge in [-0.25, -0.2) is 0 Å². The Bertz CT molecular complexity index is 2220. The summed E-state index contributed by atoms with van der Waals surface area (Å²) in [6.45, 7) is 7.66. The Morgan fingerprint density at radius 2 is 1.23 bits per heavy atom. The molecule has 4 saturated carbocycles. The van der Waals surface area contributed by atoms with Crippen molar-refractivity contribution in [3.63, 3.8) is 0 Å². The van der Waals surface area contributed by atoms with Crippen LogP contribution in [0.1, 0.15) is 105 Å². The first kappa shape index (κ1) is 64.0. The Morgan fingerprint density at radius 3 is 1.90 bits per heavy atom. The number of esters is 1. The second kappa shape index (κ2) is 24.8. The molecule has 1 spiro atoms. The predicted molar refractivity (Wildman–Crippen MR) is 275 cm³/mol. The van der Waals surface area contributed by atoms with Crippen molar-refractivity contribution >= 4 is 11.9 Å². The molecule has 14 N–H and O–H groups in total. The molecule has 83 heavy (non-hydrogen) atoms. The summed E-state index contributed by atoms with van der Waals surface area (Å²) < 4.78 is 66.8. The summed E-state index contributed by atoms with van der Waals surface area (Å²) in [6.07, 6.45) is -31.2. The lowest BCUT2D eigenvalue weighted by Crippen LogP contribution is -2.68. The molecule has 33 atom stereocenters. The fraction of sp³-hybridized carbons (Fsp3) is 0.964. The molecule has 6 heterocycles. The molecule has 6 saturated heterocycles. The van der Waals surface area contributed by atoms with Gasteiger partial charge in [-0.05, 0) is 105 Å². The van der Waals surface area contributed by atoms with Crippen molar-refractivity contribution in [3.05, 3.63) is 0 Å². The lowest BCUT2D eigenvalue weighted by atomic mass is 9.44. The predicted octanol–water partition coefficient (Wildman–Crippen LogP) is -3.13. The summed E-state index contributed by atoms with van der Waals surface area (Å²) in [7, 11) is 0. The fourth-order valence-corrected chi connectivity index (χ4v) is 16.9. The number of rotatable bonds is 16. The van der Waals surface area contributed by atoms with Crippen LogP contribution in [-0.2, 0) is 61.7 Å². The molecule has 27 heteroatoms. The van der Waals surface area contributed by atoms with E-state index in [1.807, 2.05) is 0 Å². The van der Waals surface area contributed by atoms with E-state index in [-0.39, 0.29) is 28.8 Å². The third-order valence-electron chi connectivity index (χ3n) is 21.4. The smallest absolute Gasteiger partial charge is 0.309 e.